The predicted octanol–water partition coefficient (Wildman–Crippen LogP) is 3.45. The Balaban J connectivity index is 2.01. The minimum absolute atomic E-state index is 0.104. The second-order valence-electron chi connectivity index (χ2n) is 6.69. The highest BCUT2D eigenvalue weighted by Crippen LogP contribution is 2.30. The van der Waals surface area contributed by atoms with Crippen LogP contribution in [0.15, 0.2) is 48.5 Å². The molecule has 1 N–H and O–H groups in total. The summed E-state index contributed by atoms with van der Waals surface area (Å²) in [5.41, 5.74) is 1.25. The van der Waals surface area contributed by atoms with E-state index >= 15 is 0 Å². The van der Waals surface area contributed by atoms with Crippen molar-refractivity contribution in [3.8, 4) is 5.75 Å². The maximum absolute atomic E-state index is 12.3. The molecule has 0 saturated carbocycles. The van der Waals surface area contributed by atoms with Gasteiger partial charge in [-0.2, -0.15) is 0 Å². The van der Waals surface area contributed by atoms with Crippen LogP contribution >= 0.6 is 0 Å². The summed E-state index contributed by atoms with van der Waals surface area (Å²) in [6, 6.07) is 13.4. The lowest BCUT2D eigenvalue weighted by molar-refractivity contribution is -0.116. The van der Waals surface area contributed by atoms with Gasteiger partial charge in [0.2, 0.25) is 15.9 Å². The number of esters is 1. The van der Waals surface area contributed by atoms with Crippen LogP contribution in [0.3, 0.4) is 0 Å². The fraction of sp³-hybridized carbons (Fsp3) is 0.364. The minimum Gasteiger partial charge on any atom is -0.492 e. The first kappa shape index (κ1) is 24.2. The summed E-state index contributed by atoms with van der Waals surface area (Å²) in [5, 5.41) is 2.72. The topological polar surface area (TPSA) is 102 Å². The average Bonchev–Trinajstić information content (AvgIpc) is 2.72. The van der Waals surface area contributed by atoms with Gasteiger partial charge in [0.05, 0.1) is 30.7 Å². The van der Waals surface area contributed by atoms with Gasteiger partial charge in [-0.15, -0.1) is 0 Å². The van der Waals surface area contributed by atoms with Crippen LogP contribution in [0.4, 0.5) is 11.4 Å². The van der Waals surface area contributed by atoms with Crippen molar-refractivity contribution < 1.29 is 27.5 Å². The van der Waals surface area contributed by atoms with Crippen molar-refractivity contribution in [1.29, 1.82) is 0 Å². The van der Waals surface area contributed by atoms with E-state index in [2.05, 4.69) is 5.32 Å². The van der Waals surface area contributed by atoms with Crippen molar-refractivity contribution in [2.45, 2.75) is 26.7 Å². The molecule has 0 aliphatic carbocycles. The van der Waals surface area contributed by atoms with Crippen LogP contribution in [0, 0.1) is 0 Å². The maximum Gasteiger partial charge on any atom is 0.338 e. The molecule has 0 heterocycles. The van der Waals surface area contributed by atoms with Gasteiger partial charge in [0, 0.05) is 18.7 Å². The normalized spacial score (nSPS) is 10.9. The number of hydrogen-bond acceptors (Lipinski definition) is 6. The molecule has 0 atom stereocenters. The third-order valence-corrected chi connectivity index (χ3v) is 5.44. The molecular weight excluding hydrogens is 420 g/mol. The molecule has 0 saturated heterocycles. The summed E-state index contributed by atoms with van der Waals surface area (Å²) in [6.07, 6.45) is 1.53. The Hall–Kier alpha value is -3.07. The third-order valence-electron chi connectivity index (χ3n) is 4.26. The molecule has 168 valence electrons. The summed E-state index contributed by atoms with van der Waals surface area (Å²) < 4.78 is 36.4. The highest BCUT2D eigenvalue weighted by atomic mass is 32.2. The largest absolute Gasteiger partial charge is 0.492 e. The molecule has 0 aliphatic rings. The molecule has 2 aromatic rings. The molecular formula is C22H28N2O6S. The van der Waals surface area contributed by atoms with Gasteiger partial charge in [-0.1, -0.05) is 18.2 Å². The fourth-order valence-electron chi connectivity index (χ4n) is 2.95. The number of benzene rings is 2. The monoisotopic (exact) mass is 448 g/mol. The lowest BCUT2D eigenvalue weighted by Crippen LogP contribution is -2.31. The molecule has 0 fully saturated rings. The number of nitrogens with zero attached hydrogens (tertiary/aromatic N) is 1. The first-order valence-corrected chi connectivity index (χ1v) is 11.9. The van der Waals surface area contributed by atoms with Crippen LogP contribution < -0.4 is 14.4 Å². The van der Waals surface area contributed by atoms with E-state index in [1.807, 2.05) is 6.92 Å². The van der Waals surface area contributed by atoms with Gasteiger partial charge in [0.1, 0.15) is 5.75 Å². The Labute approximate surface area is 183 Å². The first-order chi connectivity index (χ1) is 14.8. The second kappa shape index (κ2) is 11.4. The molecule has 0 unspecified atom stereocenters. The van der Waals surface area contributed by atoms with Crippen molar-refractivity contribution in [1.82, 2.24) is 0 Å². The number of carbonyl (C=O) groups is 2. The molecule has 0 spiro atoms. The van der Waals surface area contributed by atoms with Gasteiger partial charge in [0.25, 0.3) is 0 Å². The Morgan fingerprint density at radius 1 is 1.03 bits per heavy atom. The van der Waals surface area contributed by atoms with Gasteiger partial charge in [-0.3, -0.25) is 9.10 Å². The van der Waals surface area contributed by atoms with Crippen molar-refractivity contribution >= 4 is 33.3 Å². The molecule has 2 aromatic carbocycles. The van der Waals surface area contributed by atoms with Crippen LogP contribution in [0.2, 0.25) is 0 Å². The summed E-state index contributed by atoms with van der Waals surface area (Å²) in [4.78, 5) is 24.2. The average molecular weight is 449 g/mol. The molecule has 9 heteroatoms. The Morgan fingerprint density at radius 3 is 2.45 bits per heavy atom. The van der Waals surface area contributed by atoms with E-state index in [1.54, 1.807) is 49.4 Å². The zero-order chi connectivity index (χ0) is 22.9. The smallest absolute Gasteiger partial charge is 0.338 e. The van der Waals surface area contributed by atoms with Crippen molar-refractivity contribution in [3.63, 3.8) is 0 Å². The van der Waals surface area contributed by atoms with Crippen molar-refractivity contribution in [3.05, 3.63) is 54.1 Å². The molecule has 0 radical (unpaired) electrons. The number of anilines is 2. The van der Waals surface area contributed by atoms with E-state index in [4.69, 9.17) is 9.47 Å². The van der Waals surface area contributed by atoms with Crippen molar-refractivity contribution in [2.75, 3.05) is 35.6 Å². The maximum atomic E-state index is 12.3. The van der Waals surface area contributed by atoms with Gasteiger partial charge in [0.15, 0.2) is 0 Å². The molecule has 1 amide bonds. The van der Waals surface area contributed by atoms with E-state index in [1.165, 1.54) is 10.4 Å². The summed E-state index contributed by atoms with van der Waals surface area (Å²) in [5.74, 6) is -0.279. The number of ether oxygens (including phenoxy) is 2. The number of carbonyl (C=O) groups excluding carboxylic acids is 2. The van der Waals surface area contributed by atoms with E-state index in [-0.39, 0.29) is 25.5 Å². The zero-order valence-corrected chi connectivity index (χ0v) is 18.8. The number of amides is 1. The third kappa shape index (κ3) is 7.29. The summed E-state index contributed by atoms with van der Waals surface area (Å²) in [6.45, 7) is 4.33. The molecule has 0 aliphatic heterocycles. The quantitative estimate of drug-likeness (QED) is 0.528. The van der Waals surface area contributed by atoms with E-state index in [0.717, 1.165) is 6.26 Å². The van der Waals surface area contributed by atoms with Crippen LogP contribution in [0.5, 0.6) is 5.75 Å². The summed E-state index contributed by atoms with van der Waals surface area (Å²) in [7, 11) is -3.57. The van der Waals surface area contributed by atoms with Gasteiger partial charge in [-0.05, 0) is 50.6 Å². The number of para-hydroxylation sites is 2. The van der Waals surface area contributed by atoms with Crippen molar-refractivity contribution in [2.24, 2.45) is 0 Å². The Bertz CT molecular complexity index is 1010. The van der Waals surface area contributed by atoms with E-state index in [0.29, 0.717) is 35.7 Å². The highest BCUT2D eigenvalue weighted by Gasteiger charge is 2.21. The second-order valence-corrected chi connectivity index (χ2v) is 8.60. The number of sulfonamides is 1. The van der Waals surface area contributed by atoms with Crippen LogP contribution in [0.1, 0.15) is 37.0 Å². The van der Waals surface area contributed by atoms with E-state index < -0.39 is 16.0 Å². The lowest BCUT2D eigenvalue weighted by Gasteiger charge is -2.24. The first-order valence-electron chi connectivity index (χ1n) is 10.0. The SMILES string of the molecule is CCOC(=O)c1cccc(NC(=O)CCCN(c2ccccc2OCC)S(C)(=O)=O)c1. The van der Waals surface area contributed by atoms with Gasteiger partial charge >= 0.3 is 5.97 Å². The zero-order valence-electron chi connectivity index (χ0n) is 18.0. The van der Waals surface area contributed by atoms with Crippen LogP contribution in [-0.4, -0.2) is 46.3 Å². The number of rotatable bonds is 11. The fourth-order valence-corrected chi connectivity index (χ4v) is 3.92. The molecule has 2 rings (SSSR count). The van der Waals surface area contributed by atoms with Crippen LogP contribution in [-0.2, 0) is 19.6 Å². The lowest BCUT2D eigenvalue weighted by atomic mass is 10.2. The van der Waals surface area contributed by atoms with Crippen LogP contribution in [0.25, 0.3) is 0 Å². The standard InChI is InChI=1S/C22H28N2O6S/c1-4-29-20-13-7-6-12-19(20)24(31(3,27)28)15-9-14-21(25)23-18-11-8-10-17(16-18)22(26)30-5-2/h6-8,10-13,16H,4-5,9,14-15H2,1-3H3,(H,23,25). The van der Waals surface area contributed by atoms with Gasteiger partial charge in [-0.25, -0.2) is 13.2 Å². The number of nitrogens with one attached hydrogen (secondary N) is 1. The van der Waals surface area contributed by atoms with E-state index in [9.17, 15) is 18.0 Å². The number of hydrogen-bond donors (Lipinski definition) is 1. The Kier molecular flexibility index (Phi) is 8.87. The molecule has 0 aromatic heterocycles. The minimum atomic E-state index is -3.57. The van der Waals surface area contributed by atoms with Gasteiger partial charge < -0.3 is 14.8 Å². The molecule has 31 heavy (non-hydrogen) atoms. The molecule has 8 nitrogen and oxygen atoms in total. The summed E-state index contributed by atoms with van der Waals surface area (Å²) >= 11 is 0. The Morgan fingerprint density at radius 2 is 1.77 bits per heavy atom. The predicted molar refractivity (Wildman–Crippen MR) is 120 cm³/mol. The molecule has 0 bridgehead atoms. The highest BCUT2D eigenvalue weighted by molar-refractivity contribution is 7.92.